The lowest BCUT2D eigenvalue weighted by atomic mass is 9.92. The molecule has 1 saturated carbocycles. The Labute approximate surface area is 187 Å². The molecule has 1 aromatic heterocycles. The van der Waals surface area contributed by atoms with Gasteiger partial charge in [-0.1, -0.05) is 0 Å². The highest BCUT2D eigenvalue weighted by atomic mass is 19.4. The summed E-state index contributed by atoms with van der Waals surface area (Å²) in [5.74, 6) is -1.86. The molecule has 0 spiro atoms. The van der Waals surface area contributed by atoms with Crippen LogP contribution in [0.1, 0.15) is 41.7 Å². The van der Waals surface area contributed by atoms with Gasteiger partial charge in [0, 0.05) is 51.9 Å². The second kappa shape index (κ2) is 10.3. The molecule has 3 heterocycles. The molecule has 186 valence electrons. The first-order valence-electron chi connectivity index (χ1n) is 10.7. The van der Waals surface area contributed by atoms with Gasteiger partial charge in [0.15, 0.2) is 0 Å². The van der Waals surface area contributed by atoms with Gasteiger partial charge in [-0.05, 0) is 25.2 Å². The van der Waals surface area contributed by atoms with Crippen molar-refractivity contribution in [1.82, 2.24) is 19.6 Å². The number of carbonyl (C=O) groups excluding carboxylic acids is 1. The maximum absolute atomic E-state index is 13.2. The third-order valence-electron chi connectivity index (χ3n) is 5.97. The molecular weight excluding hydrogens is 455 g/mol. The van der Waals surface area contributed by atoms with Crippen molar-refractivity contribution < 1.29 is 41.4 Å². The van der Waals surface area contributed by atoms with E-state index < -0.39 is 24.3 Å². The van der Waals surface area contributed by atoms with E-state index in [4.69, 9.17) is 14.6 Å². The summed E-state index contributed by atoms with van der Waals surface area (Å²) in [6.07, 6.45) is -2.93. The molecule has 0 bridgehead atoms. The molecule has 1 amide bonds. The van der Waals surface area contributed by atoms with Gasteiger partial charge >= 0.3 is 12.1 Å². The number of carboxylic acids is 1. The Morgan fingerprint density at radius 2 is 1.88 bits per heavy atom. The third-order valence-corrected chi connectivity index (χ3v) is 5.97. The van der Waals surface area contributed by atoms with Crippen LogP contribution in [-0.2, 0) is 16.6 Å². The summed E-state index contributed by atoms with van der Waals surface area (Å²) in [5.41, 5.74) is -0.429. The molecule has 1 aromatic rings. The summed E-state index contributed by atoms with van der Waals surface area (Å²) in [6.45, 7) is 4.83. The van der Waals surface area contributed by atoms with E-state index in [-0.39, 0.29) is 17.6 Å². The second-order valence-electron chi connectivity index (χ2n) is 8.62. The Kier molecular flexibility index (Phi) is 7.93. The van der Waals surface area contributed by atoms with Gasteiger partial charge in [-0.2, -0.15) is 18.3 Å². The fraction of sp³-hybridized carbons (Fsp3) is 0.750. The average molecular weight is 482 g/mol. The van der Waals surface area contributed by atoms with Crippen LogP contribution in [0.25, 0.3) is 0 Å². The molecule has 4 rings (SSSR count). The number of hydrogen-bond donors (Lipinski definition) is 1. The van der Waals surface area contributed by atoms with Gasteiger partial charge < -0.3 is 19.6 Å². The van der Waals surface area contributed by atoms with Crippen molar-refractivity contribution in [2.24, 2.45) is 18.9 Å². The van der Waals surface area contributed by atoms with Crippen molar-refractivity contribution in [2.75, 3.05) is 39.3 Å². The zero-order valence-electron chi connectivity index (χ0n) is 18.1. The van der Waals surface area contributed by atoms with Crippen LogP contribution in [0.4, 0.5) is 22.0 Å². The highest BCUT2D eigenvalue weighted by Crippen LogP contribution is 2.32. The molecule has 0 radical (unpaired) electrons. The number of carboxylic acid groups (broad SMARTS) is 1. The molecule has 1 N–H and O–H groups in total. The van der Waals surface area contributed by atoms with Crippen LogP contribution in [0.15, 0.2) is 6.20 Å². The van der Waals surface area contributed by atoms with Gasteiger partial charge in [0.1, 0.15) is 5.69 Å². The smallest absolute Gasteiger partial charge is 0.475 e. The van der Waals surface area contributed by atoms with Gasteiger partial charge in [-0.25, -0.2) is 13.6 Å². The highest BCUT2D eigenvalue weighted by molar-refractivity contribution is 5.95. The fourth-order valence-corrected chi connectivity index (χ4v) is 4.14. The van der Waals surface area contributed by atoms with Crippen LogP contribution in [0.5, 0.6) is 0 Å². The molecule has 8 nitrogen and oxygen atoms in total. The molecule has 2 atom stereocenters. The number of rotatable bonds is 4. The third kappa shape index (κ3) is 6.85. The molecular formula is C20H27F5N4O4. The summed E-state index contributed by atoms with van der Waals surface area (Å²) >= 11 is 0. The van der Waals surface area contributed by atoms with Crippen LogP contribution in [0.3, 0.4) is 0 Å². The zero-order chi connectivity index (χ0) is 24.3. The highest BCUT2D eigenvalue weighted by Gasteiger charge is 2.39. The topological polar surface area (TPSA) is 87.9 Å². The number of carbonyl (C=O) groups is 2. The lowest BCUT2D eigenvalue weighted by Gasteiger charge is -2.38. The van der Waals surface area contributed by atoms with Crippen LogP contribution >= 0.6 is 0 Å². The number of piperidine rings is 1. The van der Waals surface area contributed by atoms with E-state index in [1.165, 1.54) is 23.7 Å². The Balaban J connectivity index is 0.000000383. The summed E-state index contributed by atoms with van der Waals surface area (Å²) in [6, 6.07) is 0. The number of aryl methyl sites for hydroxylation is 1. The summed E-state index contributed by atoms with van der Waals surface area (Å²) in [5, 5.41) is 10.9. The monoisotopic (exact) mass is 482 g/mol. The van der Waals surface area contributed by atoms with Crippen LogP contribution in [0, 0.1) is 11.8 Å². The average Bonchev–Trinajstić information content (AvgIpc) is 3.49. The van der Waals surface area contributed by atoms with Crippen LogP contribution in [-0.4, -0.2) is 88.2 Å². The number of amides is 1. The van der Waals surface area contributed by atoms with Crippen molar-refractivity contribution in [3.63, 3.8) is 0 Å². The first kappa shape index (κ1) is 25.3. The lowest BCUT2D eigenvalue weighted by molar-refractivity contribution is -0.192. The van der Waals surface area contributed by atoms with Crippen molar-refractivity contribution in [3.8, 4) is 0 Å². The van der Waals surface area contributed by atoms with Gasteiger partial charge in [0.2, 0.25) is 0 Å². The van der Waals surface area contributed by atoms with E-state index in [0.717, 1.165) is 32.0 Å². The van der Waals surface area contributed by atoms with Crippen molar-refractivity contribution in [1.29, 1.82) is 0 Å². The van der Waals surface area contributed by atoms with Gasteiger partial charge in [0.05, 0.1) is 18.3 Å². The van der Waals surface area contributed by atoms with Crippen molar-refractivity contribution in [2.45, 2.75) is 38.0 Å². The minimum atomic E-state index is -5.08. The minimum absolute atomic E-state index is 0.00457. The quantitative estimate of drug-likeness (QED) is 0.664. The maximum Gasteiger partial charge on any atom is 0.490 e. The molecule has 33 heavy (non-hydrogen) atoms. The molecule has 0 aromatic carbocycles. The lowest BCUT2D eigenvalue weighted by Crippen LogP contribution is -2.49. The Morgan fingerprint density at radius 1 is 1.21 bits per heavy atom. The molecule has 13 heteroatoms. The number of fused-ring (bicyclic) bond motifs is 1. The van der Waals surface area contributed by atoms with Gasteiger partial charge in [-0.3, -0.25) is 9.48 Å². The number of likely N-dealkylation sites (tertiary alicyclic amines) is 1. The Hall–Kier alpha value is -2.28. The van der Waals surface area contributed by atoms with E-state index in [0.29, 0.717) is 25.6 Å². The molecule has 0 unspecified atom stereocenters. The number of ether oxygens (including phenoxy) is 1. The van der Waals surface area contributed by atoms with Crippen molar-refractivity contribution in [3.05, 3.63) is 17.5 Å². The molecule has 1 aliphatic carbocycles. The SMILES string of the molecule is Cn1cc(C(=O)N2CC[C@@H]3CN(CC4CC4)CCO[C@@H]3C2)c(C(F)F)n1.O=C(O)C(F)(F)F. The number of aromatic nitrogens is 2. The number of hydrogen-bond acceptors (Lipinski definition) is 5. The van der Waals surface area contributed by atoms with Crippen LogP contribution < -0.4 is 0 Å². The maximum atomic E-state index is 13.2. The van der Waals surface area contributed by atoms with Gasteiger partial charge in [-0.15, -0.1) is 0 Å². The van der Waals surface area contributed by atoms with E-state index in [9.17, 15) is 26.7 Å². The summed E-state index contributed by atoms with van der Waals surface area (Å²) in [4.78, 5) is 25.8. The minimum Gasteiger partial charge on any atom is -0.475 e. The Bertz CT molecular complexity index is 843. The predicted octanol–water partition coefficient (Wildman–Crippen LogP) is 2.56. The molecule has 2 aliphatic heterocycles. The number of nitrogens with zero attached hydrogens (tertiary/aromatic N) is 4. The van der Waals surface area contributed by atoms with Gasteiger partial charge in [0.25, 0.3) is 12.3 Å². The molecule has 3 fully saturated rings. The van der Waals surface area contributed by atoms with E-state index in [1.807, 2.05) is 0 Å². The fourth-order valence-electron chi connectivity index (χ4n) is 4.14. The summed E-state index contributed by atoms with van der Waals surface area (Å²) in [7, 11) is 1.55. The second-order valence-corrected chi connectivity index (χ2v) is 8.62. The standard InChI is InChI=1S/C18H26F2N4O2.C2HF3O2/c1-22-10-14(16(21-22)17(19)20)18(25)24-5-4-13-9-23(8-12-2-3-12)6-7-26-15(13)11-24;3-2(4,5)1(6)7/h10,12-13,15,17H,2-9,11H2,1H3;(H,6,7)/t13-,15-;/m1./s1. The molecule has 3 aliphatic rings. The number of aliphatic carboxylic acids is 1. The first-order chi connectivity index (χ1) is 15.5. The molecule has 2 saturated heterocycles. The van der Waals surface area contributed by atoms with Crippen molar-refractivity contribution >= 4 is 11.9 Å². The van der Waals surface area contributed by atoms with E-state index >= 15 is 0 Å². The van der Waals surface area contributed by atoms with E-state index in [2.05, 4.69) is 10.00 Å². The van der Waals surface area contributed by atoms with E-state index in [1.54, 1.807) is 11.9 Å². The first-order valence-corrected chi connectivity index (χ1v) is 10.7. The number of halogens is 5. The summed E-state index contributed by atoms with van der Waals surface area (Å²) < 4.78 is 65.4. The zero-order valence-corrected chi connectivity index (χ0v) is 18.1. The number of alkyl halides is 5. The largest absolute Gasteiger partial charge is 0.490 e. The predicted molar refractivity (Wildman–Crippen MR) is 105 cm³/mol. The normalized spacial score (nSPS) is 24.0. The van der Waals surface area contributed by atoms with Crippen LogP contribution in [0.2, 0.25) is 0 Å². The Morgan fingerprint density at radius 3 is 2.45 bits per heavy atom.